The lowest BCUT2D eigenvalue weighted by atomic mass is 9.84. The van der Waals surface area contributed by atoms with Crippen LogP contribution in [0.4, 0.5) is 0 Å². The molecule has 0 aromatic rings. The molecule has 0 bridgehead atoms. The molecule has 0 aromatic carbocycles. The average Bonchev–Trinajstić information content (AvgIpc) is 1.81. The zero-order valence-electron chi connectivity index (χ0n) is 7.65. The maximum atomic E-state index is 8.89. The van der Waals surface area contributed by atoms with Crippen molar-refractivity contribution in [2.75, 3.05) is 6.61 Å². The minimum absolute atomic E-state index is 0.341. The summed E-state index contributed by atoms with van der Waals surface area (Å²) in [6, 6.07) is 0. The Morgan fingerprint density at radius 3 is 1.90 bits per heavy atom. The number of rotatable bonds is 3. The summed E-state index contributed by atoms with van der Waals surface area (Å²) in [5.41, 5.74) is 0.364. The van der Waals surface area contributed by atoms with Crippen molar-refractivity contribution in [1.82, 2.24) is 0 Å². The van der Waals surface area contributed by atoms with Gasteiger partial charge in [0.2, 0.25) is 0 Å². The van der Waals surface area contributed by atoms with Crippen LogP contribution in [0.1, 0.15) is 40.5 Å². The van der Waals surface area contributed by atoms with E-state index < -0.39 is 0 Å². The molecular weight excluding hydrogens is 124 g/mol. The molecule has 0 aliphatic heterocycles. The van der Waals surface area contributed by atoms with Gasteiger partial charge >= 0.3 is 0 Å². The molecule has 0 saturated heterocycles. The predicted molar refractivity (Wildman–Crippen MR) is 44.9 cm³/mol. The van der Waals surface area contributed by atoms with E-state index >= 15 is 0 Å². The van der Waals surface area contributed by atoms with Gasteiger partial charge in [0.15, 0.2) is 0 Å². The van der Waals surface area contributed by atoms with Crippen LogP contribution in [0.25, 0.3) is 0 Å². The highest BCUT2D eigenvalue weighted by atomic mass is 16.3. The molecule has 1 atom stereocenters. The third-order valence-corrected chi connectivity index (χ3v) is 1.74. The monoisotopic (exact) mass is 144 g/mol. The molecular formula is C9H20O. The Morgan fingerprint density at radius 2 is 1.80 bits per heavy atom. The van der Waals surface area contributed by atoms with Crippen LogP contribution in [-0.4, -0.2) is 11.7 Å². The van der Waals surface area contributed by atoms with Gasteiger partial charge in [-0.2, -0.15) is 0 Å². The standard InChI is InChI=1S/C9H20O/c1-5-8(7-10)6-9(2,3)4/h8,10H,5-7H2,1-4H3. The molecule has 62 valence electrons. The molecule has 1 heteroatoms. The van der Waals surface area contributed by atoms with Gasteiger partial charge in [-0.05, 0) is 17.8 Å². The Labute approximate surface area is 64.5 Å². The maximum absolute atomic E-state index is 8.89. The Kier molecular flexibility index (Phi) is 3.95. The van der Waals surface area contributed by atoms with Crippen LogP contribution in [-0.2, 0) is 0 Å². The molecule has 0 aliphatic rings. The zero-order valence-corrected chi connectivity index (χ0v) is 7.65. The van der Waals surface area contributed by atoms with Crippen molar-refractivity contribution in [3.05, 3.63) is 0 Å². The van der Waals surface area contributed by atoms with Crippen molar-refractivity contribution in [3.8, 4) is 0 Å². The van der Waals surface area contributed by atoms with Gasteiger partial charge < -0.3 is 5.11 Å². The van der Waals surface area contributed by atoms with Crippen LogP contribution in [0, 0.1) is 11.3 Å². The molecule has 1 N–H and O–H groups in total. The third-order valence-electron chi connectivity index (χ3n) is 1.74. The van der Waals surface area contributed by atoms with E-state index in [1.807, 2.05) is 0 Å². The van der Waals surface area contributed by atoms with Crippen molar-refractivity contribution in [3.63, 3.8) is 0 Å². The van der Waals surface area contributed by atoms with E-state index in [0.29, 0.717) is 17.9 Å². The third kappa shape index (κ3) is 4.80. The van der Waals surface area contributed by atoms with Crippen molar-refractivity contribution in [2.45, 2.75) is 40.5 Å². The second-order valence-electron chi connectivity index (χ2n) is 4.22. The van der Waals surface area contributed by atoms with Gasteiger partial charge in [-0.3, -0.25) is 0 Å². The van der Waals surface area contributed by atoms with Crippen molar-refractivity contribution < 1.29 is 5.11 Å². The summed E-state index contributed by atoms with van der Waals surface area (Å²) < 4.78 is 0. The van der Waals surface area contributed by atoms with E-state index in [9.17, 15) is 0 Å². The van der Waals surface area contributed by atoms with Crippen molar-refractivity contribution in [1.29, 1.82) is 0 Å². The summed E-state index contributed by atoms with van der Waals surface area (Å²) in [6.45, 7) is 9.11. The van der Waals surface area contributed by atoms with Crippen LogP contribution in [0.2, 0.25) is 0 Å². The van der Waals surface area contributed by atoms with Gasteiger partial charge in [0.1, 0.15) is 0 Å². The van der Waals surface area contributed by atoms with Crippen LogP contribution in [0.3, 0.4) is 0 Å². The van der Waals surface area contributed by atoms with Gasteiger partial charge in [0.05, 0.1) is 0 Å². The zero-order chi connectivity index (χ0) is 8.20. The Bertz CT molecular complexity index is 77.2. The summed E-state index contributed by atoms with van der Waals surface area (Å²) in [6.07, 6.45) is 2.22. The van der Waals surface area contributed by atoms with E-state index in [4.69, 9.17) is 5.11 Å². The van der Waals surface area contributed by atoms with E-state index in [2.05, 4.69) is 27.7 Å². The molecule has 0 saturated carbocycles. The fourth-order valence-corrected chi connectivity index (χ4v) is 1.20. The summed E-state index contributed by atoms with van der Waals surface area (Å²) in [5, 5.41) is 8.89. The first-order valence-electron chi connectivity index (χ1n) is 4.10. The topological polar surface area (TPSA) is 20.2 Å². The number of hydrogen-bond acceptors (Lipinski definition) is 1. The van der Waals surface area contributed by atoms with Gasteiger partial charge in [-0.15, -0.1) is 0 Å². The lowest BCUT2D eigenvalue weighted by Gasteiger charge is -2.23. The second kappa shape index (κ2) is 3.97. The smallest absolute Gasteiger partial charge is 0.0459 e. The molecule has 1 nitrogen and oxygen atoms in total. The van der Waals surface area contributed by atoms with Gasteiger partial charge in [0.25, 0.3) is 0 Å². The molecule has 0 amide bonds. The number of aliphatic hydroxyl groups is 1. The van der Waals surface area contributed by atoms with Crippen LogP contribution >= 0.6 is 0 Å². The first kappa shape index (κ1) is 9.96. The normalized spacial score (nSPS) is 15.3. The van der Waals surface area contributed by atoms with Crippen LogP contribution in [0.5, 0.6) is 0 Å². The molecule has 0 fully saturated rings. The first-order valence-corrected chi connectivity index (χ1v) is 4.10. The fourth-order valence-electron chi connectivity index (χ4n) is 1.20. The lowest BCUT2D eigenvalue weighted by molar-refractivity contribution is 0.175. The Morgan fingerprint density at radius 1 is 1.30 bits per heavy atom. The molecule has 0 aliphatic carbocycles. The van der Waals surface area contributed by atoms with Gasteiger partial charge in [0, 0.05) is 6.61 Å². The Hall–Kier alpha value is -0.0400. The van der Waals surface area contributed by atoms with Crippen LogP contribution < -0.4 is 0 Å². The minimum Gasteiger partial charge on any atom is -0.396 e. The van der Waals surface area contributed by atoms with E-state index in [-0.39, 0.29) is 0 Å². The van der Waals surface area contributed by atoms with E-state index in [1.54, 1.807) is 0 Å². The molecule has 10 heavy (non-hydrogen) atoms. The average molecular weight is 144 g/mol. The summed E-state index contributed by atoms with van der Waals surface area (Å²) in [4.78, 5) is 0. The van der Waals surface area contributed by atoms with Crippen molar-refractivity contribution >= 4 is 0 Å². The van der Waals surface area contributed by atoms with Crippen molar-refractivity contribution in [2.24, 2.45) is 11.3 Å². The van der Waals surface area contributed by atoms with Gasteiger partial charge in [-0.1, -0.05) is 34.1 Å². The van der Waals surface area contributed by atoms with Crippen LogP contribution in [0.15, 0.2) is 0 Å². The predicted octanol–water partition coefficient (Wildman–Crippen LogP) is 2.44. The highest BCUT2D eigenvalue weighted by Crippen LogP contribution is 2.25. The molecule has 0 heterocycles. The molecule has 0 spiro atoms. The highest BCUT2D eigenvalue weighted by Gasteiger charge is 2.15. The minimum atomic E-state index is 0.341. The fraction of sp³-hybridized carbons (Fsp3) is 1.00. The van der Waals surface area contributed by atoms with E-state index in [1.165, 1.54) is 0 Å². The maximum Gasteiger partial charge on any atom is 0.0459 e. The van der Waals surface area contributed by atoms with E-state index in [0.717, 1.165) is 12.8 Å². The van der Waals surface area contributed by atoms with Gasteiger partial charge in [-0.25, -0.2) is 0 Å². The largest absolute Gasteiger partial charge is 0.396 e. The summed E-state index contributed by atoms with van der Waals surface area (Å²) in [7, 11) is 0. The first-order chi connectivity index (χ1) is 4.49. The lowest BCUT2D eigenvalue weighted by Crippen LogP contribution is -2.15. The SMILES string of the molecule is CCC(CO)CC(C)(C)C. The quantitative estimate of drug-likeness (QED) is 0.645. The summed E-state index contributed by atoms with van der Waals surface area (Å²) >= 11 is 0. The highest BCUT2D eigenvalue weighted by molar-refractivity contribution is 4.67. The number of hydrogen-bond donors (Lipinski definition) is 1. The number of aliphatic hydroxyl groups excluding tert-OH is 1. The summed E-state index contributed by atoms with van der Waals surface area (Å²) in [5.74, 6) is 0.500. The Balaban J connectivity index is 3.63. The molecule has 0 aromatic heterocycles. The molecule has 0 radical (unpaired) electrons. The second-order valence-corrected chi connectivity index (χ2v) is 4.22. The molecule has 0 rings (SSSR count). The molecule has 1 unspecified atom stereocenters.